The van der Waals surface area contributed by atoms with Gasteiger partial charge >= 0.3 is 0 Å². The van der Waals surface area contributed by atoms with Gasteiger partial charge in [0, 0.05) is 5.69 Å². The minimum Gasteiger partial charge on any atom is -0.284 e. The summed E-state index contributed by atoms with van der Waals surface area (Å²) >= 11 is 0. The van der Waals surface area contributed by atoms with E-state index in [1.54, 1.807) is 24.3 Å². The minimum atomic E-state index is -3.13. The van der Waals surface area contributed by atoms with Crippen LogP contribution in [0.15, 0.2) is 30.3 Å². The van der Waals surface area contributed by atoms with Crippen molar-refractivity contribution in [2.24, 2.45) is 0 Å². The highest BCUT2D eigenvalue weighted by molar-refractivity contribution is 7.92. The van der Waals surface area contributed by atoms with Crippen LogP contribution in [0.25, 0.3) is 0 Å². The van der Waals surface area contributed by atoms with E-state index in [0.717, 1.165) is 0 Å². The van der Waals surface area contributed by atoms with Crippen LogP contribution in [-0.4, -0.2) is 14.2 Å². The van der Waals surface area contributed by atoms with E-state index in [9.17, 15) is 8.42 Å². The minimum absolute atomic E-state index is 0. The molecule has 0 atom stereocenters. The molecule has 0 saturated heterocycles. The Hall–Kier alpha value is -0.740. The van der Waals surface area contributed by atoms with Crippen LogP contribution in [-0.2, 0) is 10.0 Å². The Morgan fingerprint density at radius 2 is 1.79 bits per heavy atom. The zero-order chi connectivity index (χ0) is 9.73. The molecule has 0 aliphatic carbocycles. The largest absolute Gasteiger partial charge is 0.284 e. The molecule has 0 spiro atoms. The van der Waals surface area contributed by atoms with E-state index >= 15 is 0 Å². The van der Waals surface area contributed by atoms with Gasteiger partial charge in [-0.2, -0.15) is 0 Å². The Kier molecular flexibility index (Phi) is 5.57. The molecule has 1 N–H and O–H groups in total. The molecule has 1 aromatic carbocycles. The van der Waals surface area contributed by atoms with Crippen LogP contribution in [0.3, 0.4) is 0 Å². The predicted octanol–water partition coefficient (Wildman–Crippen LogP) is 2.26. The summed E-state index contributed by atoms with van der Waals surface area (Å²) in [6.07, 6.45) is 0.627. The van der Waals surface area contributed by atoms with Crippen LogP contribution < -0.4 is 4.72 Å². The van der Waals surface area contributed by atoms with Gasteiger partial charge in [0.25, 0.3) is 0 Å². The summed E-state index contributed by atoms with van der Waals surface area (Å²) < 4.78 is 25.1. The average Bonchev–Trinajstić information content (AvgIpc) is 2.04. The molecule has 0 amide bonds. The molecule has 0 saturated carbocycles. The molecular weight excluding hydrogens is 222 g/mol. The second-order valence-electron chi connectivity index (χ2n) is 2.79. The predicted molar refractivity (Wildman–Crippen MR) is 61.4 cm³/mol. The van der Waals surface area contributed by atoms with Crippen molar-refractivity contribution in [3.63, 3.8) is 0 Å². The van der Waals surface area contributed by atoms with Gasteiger partial charge < -0.3 is 0 Å². The van der Waals surface area contributed by atoms with Crippen molar-refractivity contribution in [1.82, 2.24) is 0 Å². The van der Waals surface area contributed by atoms with Crippen molar-refractivity contribution >= 4 is 28.1 Å². The lowest BCUT2D eigenvalue weighted by molar-refractivity contribution is 0.600. The molecule has 0 fully saturated rings. The first kappa shape index (κ1) is 13.3. The Balaban J connectivity index is 0.00000169. The highest BCUT2D eigenvalue weighted by Crippen LogP contribution is 2.08. The van der Waals surface area contributed by atoms with Gasteiger partial charge in [-0.3, -0.25) is 4.72 Å². The number of rotatable bonds is 4. The third-order valence-electron chi connectivity index (χ3n) is 1.52. The Bertz CT molecular complexity index is 350. The quantitative estimate of drug-likeness (QED) is 0.870. The highest BCUT2D eigenvalue weighted by Gasteiger charge is 2.07. The van der Waals surface area contributed by atoms with E-state index in [1.807, 2.05) is 13.0 Å². The number of hydrogen-bond donors (Lipinski definition) is 1. The van der Waals surface area contributed by atoms with Gasteiger partial charge in [-0.15, -0.1) is 12.4 Å². The van der Waals surface area contributed by atoms with E-state index in [0.29, 0.717) is 12.1 Å². The molecule has 0 heterocycles. The Morgan fingerprint density at radius 3 is 2.29 bits per heavy atom. The number of para-hydroxylation sites is 1. The van der Waals surface area contributed by atoms with Crippen LogP contribution in [0.4, 0.5) is 5.69 Å². The lowest BCUT2D eigenvalue weighted by Crippen LogP contribution is -2.15. The number of sulfonamides is 1. The summed E-state index contributed by atoms with van der Waals surface area (Å²) in [5.41, 5.74) is 0.621. The van der Waals surface area contributed by atoms with Crippen molar-refractivity contribution in [1.29, 1.82) is 0 Å². The van der Waals surface area contributed by atoms with Crippen LogP contribution in [0.2, 0.25) is 0 Å². The molecule has 5 heteroatoms. The van der Waals surface area contributed by atoms with E-state index in [4.69, 9.17) is 0 Å². The fourth-order valence-corrected chi connectivity index (χ4v) is 2.14. The molecular formula is C9H14ClNO2S. The zero-order valence-electron chi connectivity index (χ0n) is 7.93. The molecule has 1 aromatic rings. The molecule has 0 aliphatic heterocycles. The maximum absolute atomic E-state index is 11.3. The molecule has 0 bridgehead atoms. The summed E-state index contributed by atoms with van der Waals surface area (Å²) in [5, 5.41) is 0. The first-order valence-corrected chi connectivity index (χ1v) is 5.85. The van der Waals surface area contributed by atoms with Crippen molar-refractivity contribution in [2.45, 2.75) is 13.3 Å². The second-order valence-corrected chi connectivity index (χ2v) is 4.63. The van der Waals surface area contributed by atoms with Crippen molar-refractivity contribution < 1.29 is 8.42 Å². The third kappa shape index (κ3) is 4.48. The molecule has 1 rings (SSSR count). The number of hydrogen-bond acceptors (Lipinski definition) is 2. The summed E-state index contributed by atoms with van der Waals surface area (Å²) in [4.78, 5) is 0. The highest BCUT2D eigenvalue weighted by atomic mass is 35.5. The van der Waals surface area contributed by atoms with Gasteiger partial charge in [-0.25, -0.2) is 8.42 Å². The number of anilines is 1. The molecule has 14 heavy (non-hydrogen) atoms. The summed E-state index contributed by atoms with van der Waals surface area (Å²) in [6, 6.07) is 8.89. The van der Waals surface area contributed by atoms with E-state index in [1.165, 1.54) is 0 Å². The van der Waals surface area contributed by atoms with Gasteiger partial charge in [0.05, 0.1) is 5.75 Å². The van der Waals surface area contributed by atoms with Crippen LogP contribution >= 0.6 is 12.4 Å². The number of halogens is 1. The second kappa shape index (κ2) is 5.88. The topological polar surface area (TPSA) is 46.2 Å². The number of nitrogens with one attached hydrogen (secondary N) is 1. The van der Waals surface area contributed by atoms with Crippen molar-refractivity contribution in [2.75, 3.05) is 10.5 Å². The first-order chi connectivity index (χ1) is 6.14. The van der Waals surface area contributed by atoms with Crippen LogP contribution in [0, 0.1) is 0 Å². The maximum Gasteiger partial charge on any atom is 0.232 e. The molecule has 3 nitrogen and oxygen atoms in total. The maximum atomic E-state index is 11.3. The molecule has 0 radical (unpaired) electrons. The van der Waals surface area contributed by atoms with Gasteiger partial charge in [-0.05, 0) is 18.6 Å². The van der Waals surface area contributed by atoms with E-state index < -0.39 is 10.0 Å². The third-order valence-corrected chi connectivity index (χ3v) is 3.01. The normalized spacial score (nSPS) is 10.4. The Labute approximate surface area is 91.0 Å². The summed E-state index contributed by atoms with van der Waals surface area (Å²) in [5.74, 6) is 0.169. The molecule has 0 unspecified atom stereocenters. The molecule has 0 aromatic heterocycles. The summed E-state index contributed by atoms with van der Waals surface area (Å²) in [6.45, 7) is 1.84. The average molecular weight is 236 g/mol. The molecule has 0 aliphatic rings. The fraction of sp³-hybridized carbons (Fsp3) is 0.333. The SMILES string of the molecule is CCCS(=O)(=O)Nc1ccccc1.Cl. The Morgan fingerprint density at radius 1 is 1.21 bits per heavy atom. The van der Waals surface area contributed by atoms with Gasteiger partial charge in [0.2, 0.25) is 10.0 Å². The van der Waals surface area contributed by atoms with Gasteiger partial charge in [0.1, 0.15) is 0 Å². The lowest BCUT2D eigenvalue weighted by atomic mass is 10.3. The van der Waals surface area contributed by atoms with Gasteiger partial charge in [-0.1, -0.05) is 25.1 Å². The van der Waals surface area contributed by atoms with E-state index in [-0.39, 0.29) is 18.2 Å². The first-order valence-electron chi connectivity index (χ1n) is 4.19. The smallest absolute Gasteiger partial charge is 0.232 e. The zero-order valence-corrected chi connectivity index (χ0v) is 9.57. The van der Waals surface area contributed by atoms with Crippen LogP contribution in [0.1, 0.15) is 13.3 Å². The van der Waals surface area contributed by atoms with Crippen molar-refractivity contribution in [3.05, 3.63) is 30.3 Å². The lowest BCUT2D eigenvalue weighted by Gasteiger charge is -2.05. The van der Waals surface area contributed by atoms with Gasteiger partial charge in [0.15, 0.2) is 0 Å². The number of benzene rings is 1. The monoisotopic (exact) mass is 235 g/mol. The van der Waals surface area contributed by atoms with Crippen molar-refractivity contribution in [3.8, 4) is 0 Å². The standard InChI is InChI=1S/C9H13NO2S.ClH/c1-2-8-13(11,12)10-9-6-4-3-5-7-9;/h3-7,10H,2,8H2,1H3;1H. The fourth-order valence-electron chi connectivity index (χ4n) is 1.01. The molecule has 80 valence electrons. The van der Waals surface area contributed by atoms with E-state index in [2.05, 4.69) is 4.72 Å². The summed E-state index contributed by atoms with van der Waals surface area (Å²) in [7, 11) is -3.13. The van der Waals surface area contributed by atoms with Crippen LogP contribution in [0.5, 0.6) is 0 Å².